The van der Waals surface area contributed by atoms with E-state index in [-0.39, 0.29) is 16.1 Å². The number of benzene rings is 2. The van der Waals surface area contributed by atoms with Crippen LogP contribution in [0.4, 0.5) is 18.9 Å². The molecule has 0 bridgehead atoms. The summed E-state index contributed by atoms with van der Waals surface area (Å²) in [7, 11) is -0.912. The molecule has 0 aromatic heterocycles. The third-order valence-corrected chi connectivity index (χ3v) is 6.11. The second-order valence-corrected chi connectivity index (χ2v) is 8.88. The molecule has 0 heterocycles. The molecule has 0 radical (unpaired) electrons. The number of alkyl halides is 3. The van der Waals surface area contributed by atoms with Crippen LogP contribution < -0.4 is 5.32 Å². The number of carbonyl (C=O) groups is 1. The first-order valence-electron chi connectivity index (χ1n) is 8.21. The first-order chi connectivity index (χ1) is 13.3. The minimum absolute atomic E-state index is 0.0000927. The van der Waals surface area contributed by atoms with Crippen LogP contribution in [0.2, 0.25) is 5.02 Å². The van der Waals surface area contributed by atoms with Gasteiger partial charge in [0.25, 0.3) is 0 Å². The van der Waals surface area contributed by atoms with E-state index < -0.39 is 32.7 Å². The summed E-state index contributed by atoms with van der Waals surface area (Å²) in [6.07, 6.45) is -2.36. The molecule has 0 aliphatic rings. The van der Waals surface area contributed by atoms with E-state index in [0.717, 1.165) is 22.5 Å². The number of amides is 1. The highest BCUT2D eigenvalue weighted by Crippen LogP contribution is 2.35. The Labute approximate surface area is 171 Å². The number of hydrogen-bond acceptors (Lipinski definition) is 3. The number of sulfonamides is 1. The number of halogens is 4. The molecular weight excluding hydrogens is 429 g/mol. The zero-order valence-corrected chi connectivity index (χ0v) is 17.3. The van der Waals surface area contributed by atoms with Crippen molar-refractivity contribution >= 4 is 39.3 Å². The van der Waals surface area contributed by atoms with Gasteiger partial charge in [0.2, 0.25) is 15.9 Å². The fourth-order valence-electron chi connectivity index (χ4n) is 2.32. The predicted octanol–water partition coefficient (Wildman–Crippen LogP) is 4.57. The van der Waals surface area contributed by atoms with E-state index in [1.54, 1.807) is 13.0 Å². The van der Waals surface area contributed by atoms with E-state index in [9.17, 15) is 26.4 Å². The maximum absolute atomic E-state index is 12.9. The average Bonchev–Trinajstić information content (AvgIpc) is 2.61. The first-order valence-corrected chi connectivity index (χ1v) is 10.0. The van der Waals surface area contributed by atoms with E-state index in [4.69, 9.17) is 11.6 Å². The molecule has 5 nitrogen and oxygen atoms in total. The zero-order valence-electron chi connectivity index (χ0n) is 15.7. The molecule has 2 rings (SSSR count). The second-order valence-electron chi connectivity index (χ2n) is 6.32. The minimum Gasteiger partial charge on any atom is -0.322 e. The summed E-state index contributed by atoms with van der Waals surface area (Å²) >= 11 is 5.57. The summed E-state index contributed by atoms with van der Waals surface area (Å²) < 4.78 is 64.2. The molecule has 0 aliphatic heterocycles. The van der Waals surface area contributed by atoms with Gasteiger partial charge in [0.1, 0.15) is 0 Å². The van der Waals surface area contributed by atoms with Crippen LogP contribution in [-0.4, -0.2) is 32.7 Å². The largest absolute Gasteiger partial charge is 0.417 e. The van der Waals surface area contributed by atoms with Gasteiger partial charge >= 0.3 is 6.18 Å². The third kappa shape index (κ3) is 5.59. The van der Waals surface area contributed by atoms with Crippen molar-refractivity contribution in [2.45, 2.75) is 18.0 Å². The molecule has 0 saturated carbocycles. The Morgan fingerprint density at radius 1 is 1.14 bits per heavy atom. The molecular formula is C19H18ClF3N2O3S. The molecule has 2 aromatic carbocycles. The number of aryl methyl sites for hydroxylation is 1. The lowest BCUT2D eigenvalue weighted by Crippen LogP contribution is -2.22. The van der Waals surface area contributed by atoms with Crippen molar-refractivity contribution < 1.29 is 26.4 Å². The monoisotopic (exact) mass is 446 g/mol. The maximum atomic E-state index is 12.9. The van der Waals surface area contributed by atoms with Gasteiger partial charge in [-0.2, -0.15) is 13.2 Å². The van der Waals surface area contributed by atoms with E-state index in [2.05, 4.69) is 5.32 Å². The molecule has 0 atom stereocenters. The first kappa shape index (κ1) is 22.9. The highest BCUT2D eigenvalue weighted by molar-refractivity contribution is 7.89. The Morgan fingerprint density at radius 2 is 1.79 bits per heavy atom. The number of nitrogens with zero attached hydrogens (tertiary/aromatic N) is 1. The zero-order chi connectivity index (χ0) is 22.0. The van der Waals surface area contributed by atoms with Gasteiger partial charge in [-0.25, -0.2) is 12.7 Å². The number of rotatable bonds is 5. The number of hydrogen-bond donors (Lipinski definition) is 1. The number of carbonyl (C=O) groups excluding carboxylic acids is 1. The van der Waals surface area contributed by atoms with E-state index >= 15 is 0 Å². The standard InChI is InChI=1S/C19H18ClF3N2O3S/c1-12-4-7-14(29(27,28)25(2)3)11-17(12)24-18(26)9-6-13-5-8-16(20)15(10-13)19(21,22)23/h4-11H,1-3H3,(H,24,26)/b9-6+. The van der Waals surface area contributed by atoms with Gasteiger partial charge in [-0.1, -0.05) is 23.7 Å². The van der Waals surface area contributed by atoms with E-state index in [0.29, 0.717) is 5.56 Å². The summed E-state index contributed by atoms with van der Waals surface area (Å²) in [5, 5.41) is 2.09. The molecule has 0 aliphatic carbocycles. The van der Waals surface area contributed by atoms with Crippen LogP contribution in [0.15, 0.2) is 47.4 Å². The Bertz CT molecular complexity index is 1060. The fourth-order valence-corrected chi connectivity index (χ4v) is 3.47. The van der Waals surface area contributed by atoms with Crippen molar-refractivity contribution in [3.05, 3.63) is 64.2 Å². The Hall–Kier alpha value is -2.36. The molecule has 10 heteroatoms. The molecule has 156 valence electrons. The topological polar surface area (TPSA) is 66.5 Å². The Kier molecular flexibility index (Phi) is 6.77. The van der Waals surface area contributed by atoms with Crippen molar-refractivity contribution in [2.24, 2.45) is 0 Å². The summed E-state index contributed by atoms with van der Waals surface area (Å²) in [5.74, 6) is -0.629. The van der Waals surface area contributed by atoms with Gasteiger partial charge in [0, 0.05) is 25.9 Å². The summed E-state index contributed by atoms with van der Waals surface area (Å²) in [4.78, 5) is 12.2. The van der Waals surface area contributed by atoms with Crippen LogP contribution in [0.5, 0.6) is 0 Å². The highest BCUT2D eigenvalue weighted by Gasteiger charge is 2.33. The molecule has 1 N–H and O–H groups in total. The smallest absolute Gasteiger partial charge is 0.322 e. The molecule has 2 aromatic rings. The van der Waals surface area contributed by atoms with Crippen LogP contribution in [0.1, 0.15) is 16.7 Å². The third-order valence-electron chi connectivity index (χ3n) is 3.97. The van der Waals surface area contributed by atoms with Crippen LogP contribution in [-0.2, 0) is 21.0 Å². The quantitative estimate of drug-likeness (QED) is 0.684. The summed E-state index contributed by atoms with van der Waals surface area (Å²) in [6, 6.07) is 7.56. The average molecular weight is 447 g/mol. The van der Waals surface area contributed by atoms with Crippen LogP contribution in [0, 0.1) is 6.92 Å². The van der Waals surface area contributed by atoms with Gasteiger partial charge in [0.05, 0.1) is 15.5 Å². The van der Waals surface area contributed by atoms with Crippen LogP contribution in [0.25, 0.3) is 6.08 Å². The van der Waals surface area contributed by atoms with Gasteiger partial charge < -0.3 is 5.32 Å². The van der Waals surface area contributed by atoms with E-state index in [1.807, 2.05) is 0 Å². The highest BCUT2D eigenvalue weighted by atomic mass is 35.5. The van der Waals surface area contributed by atoms with Crippen molar-refractivity contribution in [2.75, 3.05) is 19.4 Å². The summed E-state index contributed by atoms with van der Waals surface area (Å²) in [5.41, 5.74) is 0.0293. The number of nitrogens with one attached hydrogen (secondary N) is 1. The summed E-state index contributed by atoms with van der Waals surface area (Å²) in [6.45, 7) is 1.68. The lowest BCUT2D eigenvalue weighted by atomic mass is 10.1. The Balaban J connectivity index is 2.24. The van der Waals surface area contributed by atoms with Crippen molar-refractivity contribution in [3.63, 3.8) is 0 Å². The number of anilines is 1. The molecule has 1 amide bonds. The van der Waals surface area contributed by atoms with Crippen molar-refractivity contribution in [3.8, 4) is 0 Å². The molecule has 0 spiro atoms. The molecule has 29 heavy (non-hydrogen) atoms. The molecule has 0 fully saturated rings. The molecule has 0 unspecified atom stereocenters. The van der Waals surface area contributed by atoms with Gasteiger partial charge in [-0.05, 0) is 48.4 Å². The van der Waals surface area contributed by atoms with Crippen LogP contribution >= 0.6 is 11.6 Å². The van der Waals surface area contributed by atoms with Gasteiger partial charge in [0.15, 0.2) is 0 Å². The lowest BCUT2D eigenvalue weighted by molar-refractivity contribution is -0.137. The lowest BCUT2D eigenvalue weighted by Gasteiger charge is -2.14. The van der Waals surface area contributed by atoms with Crippen LogP contribution in [0.3, 0.4) is 0 Å². The second kappa shape index (κ2) is 8.56. The molecule has 0 saturated heterocycles. The fraction of sp³-hybridized carbons (Fsp3) is 0.211. The Morgan fingerprint density at radius 3 is 2.38 bits per heavy atom. The van der Waals surface area contributed by atoms with Gasteiger partial charge in [-0.3, -0.25) is 4.79 Å². The predicted molar refractivity (Wildman–Crippen MR) is 106 cm³/mol. The SMILES string of the molecule is Cc1ccc(S(=O)(=O)N(C)C)cc1NC(=O)/C=C/c1ccc(Cl)c(C(F)(F)F)c1. The maximum Gasteiger partial charge on any atom is 0.417 e. The van der Waals surface area contributed by atoms with Gasteiger partial charge in [-0.15, -0.1) is 0 Å². The van der Waals surface area contributed by atoms with Crippen molar-refractivity contribution in [1.29, 1.82) is 0 Å². The normalized spacial score (nSPS) is 12.6. The van der Waals surface area contributed by atoms with E-state index in [1.165, 1.54) is 38.4 Å². The minimum atomic E-state index is -4.61. The van der Waals surface area contributed by atoms with Crippen molar-refractivity contribution in [1.82, 2.24) is 4.31 Å².